The van der Waals surface area contributed by atoms with E-state index in [2.05, 4.69) is 48.1 Å². The van der Waals surface area contributed by atoms with Crippen molar-refractivity contribution in [2.24, 2.45) is 0 Å². The molecule has 4 aromatic rings. The summed E-state index contributed by atoms with van der Waals surface area (Å²) in [7, 11) is 0. The Morgan fingerprint density at radius 1 is 1.05 bits per heavy atom. The van der Waals surface area contributed by atoms with Crippen molar-refractivity contribution in [2.45, 2.75) is 20.8 Å². The molecule has 0 saturated heterocycles. The summed E-state index contributed by atoms with van der Waals surface area (Å²) in [6, 6.07) is 10.4. The molecule has 2 heterocycles. The molecule has 4 rings (SSSR count). The van der Waals surface area contributed by atoms with Crippen LogP contribution in [0.5, 0.6) is 5.75 Å². The van der Waals surface area contributed by atoms with E-state index in [-0.39, 0.29) is 0 Å². The molecule has 110 valence electrons. The summed E-state index contributed by atoms with van der Waals surface area (Å²) in [6.45, 7) is 6.95. The molecule has 0 spiro atoms. The third kappa shape index (κ3) is 1.65. The van der Waals surface area contributed by atoms with Crippen molar-refractivity contribution in [1.82, 2.24) is 9.97 Å². The number of pyridine rings is 1. The molecule has 0 radical (unpaired) electrons. The van der Waals surface area contributed by atoms with Gasteiger partial charge in [0.1, 0.15) is 5.75 Å². The van der Waals surface area contributed by atoms with Crippen molar-refractivity contribution in [3.63, 3.8) is 0 Å². The molecule has 1 N–H and O–H groups in total. The second kappa shape index (κ2) is 4.73. The Morgan fingerprint density at radius 2 is 1.86 bits per heavy atom. The number of rotatable bonds is 2. The van der Waals surface area contributed by atoms with Gasteiger partial charge in [0, 0.05) is 27.9 Å². The van der Waals surface area contributed by atoms with Gasteiger partial charge < -0.3 is 9.72 Å². The molecule has 0 atom stereocenters. The molecule has 0 amide bonds. The SMILES string of the molecule is CCOc1ccnc2c(C)c3c([nH]c4ccccc43)c(C)c12. The van der Waals surface area contributed by atoms with E-state index in [0.29, 0.717) is 6.61 Å². The van der Waals surface area contributed by atoms with E-state index in [4.69, 9.17) is 4.74 Å². The molecule has 0 fully saturated rings. The summed E-state index contributed by atoms with van der Waals surface area (Å²) >= 11 is 0. The van der Waals surface area contributed by atoms with Crippen LogP contribution in [-0.2, 0) is 0 Å². The smallest absolute Gasteiger partial charge is 0.130 e. The van der Waals surface area contributed by atoms with E-state index in [1.54, 1.807) is 0 Å². The minimum absolute atomic E-state index is 0.655. The lowest BCUT2D eigenvalue weighted by atomic mass is 9.98. The molecule has 0 saturated carbocycles. The highest BCUT2D eigenvalue weighted by molar-refractivity contribution is 6.16. The molecule has 3 nitrogen and oxygen atoms in total. The summed E-state index contributed by atoms with van der Waals surface area (Å²) < 4.78 is 5.82. The Morgan fingerprint density at radius 3 is 2.68 bits per heavy atom. The van der Waals surface area contributed by atoms with Crippen LogP contribution in [0.2, 0.25) is 0 Å². The van der Waals surface area contributed by atoms with E-state index in [9.17, 15) is 0 Å². The molecule has 2 aromatic carbocycles. The summed E-state index contributed by atoms with van der Waals surface area (Å²) in [5, 5.41) is 3.63. The number of nitrogens with zero attached hydrogens (tertiary/aromatic N) is 1. The van der Waals surface area contributed by atoms with E-state index < -0.39 is 0 Å². The summed E-state index contributed by atoms with van der Waals surface area (Å²) in [4.78, 5) is 8.19. The van der Waals surface area contributed by atoms with Crippen molar-refractivity contribution in [3.05, 3.63) is 47.7 Å². The fourth-order valence-electron chi connectivity index (χ4n) is 3.42. The lowest BCUT2D eigenvalue weighted by molar-refractivity contribution is 0.344. The van der Waals surface area contributed by atoms with Crippen LogP contribution < -0.4 is 4.74 Å². The first-order chi connectivity index (χ1) is 10.7. The highest BCUT2D eigenvalue weighted by Crippen LogP contribution is 2.38. The van der Waals surface area contributed by atoms with Crippen LogP contribution in [0.25, 0.3) is 32.7 Å². The predicted octanol–water partition coefficient (Wildman–Crippen LogP) is 4.88. The van der Waals surface area contributed by atoms with Crippen LogP contribution in [0.15, 0.2) is 36.5 Å². The number of hydrogen-bond donors (Lipinski definition) is 1. The van der Waals surface area contributed by atoms with Gasteiger partial charge in [-0.1, -0.05) is 18.2 Å². The van der Waals surface area contributed by atoms with E-state index in [1.807, 2.05) is 19.2 Å². The van der Waals surface area contributed by atoms with Crippen LogP contribution >= 0.6 is 0 Å². The van der Waals surface area contributed by atoms with Crippen LogP contribution in [0.1, 0.15) is 18.1 Å². The number of nitrogens with one attached hydrogen (secondary N) is 1. The minimum atomic E-state index is 0.655. The van der Waals surface area contributed by atoms with Crippen LogP contribution in [-0.4, -0.2) is 16.6 Å². The summed E-state index contributed by atoms with van der Waals surface area (Å²) in [5.74, 6) is 0.911. The molecular formula is C19H18N2O. The normalized spacial score (nSPS) is 11.6. The first-order valence-electron chi connectivity index (χ1n) is 7.63. The standard InChI is InChI=1S/C19H18N2O/c1-4-22-15-9-10-20-18-11(2)16-13-7-5-6-8-14(13)21-19(16)12(3)17(15)18/h5-10,21H,4H2,1-3H3. The first-order valence-corrected chi connectivity index (χ1v) is 7.63. The molecule has 0 aliphatic rings. The van der Waals surface area contributed by atoms with Gasteiger partial charge in [-0.05, 0) is 44.0 Å². The van der Waals surface area contributed by atoms with E-state index in [1.165, 1.54) is 27.4 Å². The zero-order valence-corrected chi connectivity index (χ0v) is 13.0. The second-order valence-corrected chi connectivity index (χ2v) is 5.64. The van der Waals surface area contributed by atoms with Gasteiger partial charge in [0.2, 0.25) is 0 Å². The number of aryl methyl sites for hydroxylation is 2. The van der Waals surface area contributed by atoms with Crippen LogP contribution in [0, 0.1) is 13.8 Å². The van der Waals surface area contributed by atoms with Crippen LogP contribution in [0.4, 0.5) is 0 Å². The highest BCUT2D eigenvalue weighted by atomic mass is 16.5. The van der Waals surface area contributed by atoms with E-state index in [0.717, 1.165) is 22.2 Å². The molecule has 0 aliphatic heterocycles. The van der Waals surface area contributed by atoms with Gasteiger partial charge in [0.25, 0.3) is 0 Å². The number of aromatic amines is 1. The molecule has 0 aliphatic carbocycles. The Kier molecular flexibility index (Phi) is 2.83. The maximum Gasteiger partial charge on any atom is 0.130 e. The number of fused-ring (bicyclic) bond motifs is 4. The maximum atomic E-state index is 5.82. The Labute approximate surface area is 128 Å². The molecule has 0 unspecified atom stereocenters. The summed E-state index contributed by atoms with van der Waals surface area (Å²) in [6.07, 6.45) is 1.83. The topological polar surface area (TPSA) is 37.9 Å². The van der Waals surface area contributed by atoms with Crippen molar-refractivity contribution < 1.29 is 4.74 Å². The number of para-hydroxylation sites is 1. The second-order valence-electron chi connectivity index (χ2n) is 5.64. The number of aromatic nitrogens is 2. The molecule has 2 aromatic heterocycles. The molecule has 22 heavy (non-hydrogen) atoms. The fourth-order valence-corrected chi connectivity index (χ4v) is 3.42. The monoisotopic (exact) mass is 290 g/mol. The average molecular weight is 290 g/mol. The number of benzene rings is 2. The fraction of sp³-hybridized carbons (Fsp3) is 0.211. The minimum Gasteiger partial charge on any atom is -0.493 e. The Hall–Kier alpha value is -2.55. The van der Waals surface area contributed by atoms with Gasteiger partial charge in [-0.3, -0.25) is 4.98 Å². The van der Waals surface area contributed by atoms with Crippen LogP contribution in [0.3, 0.4) is 0 Å². The van der Waals surface area contributed by atoms with E-state index >= 15 is 0 Å². The third-order valence-corrected chi connectivity index (χ3v) is 4.40. The van der Waals surface area contributed by atoms with Gasteiger partial charge in [-0.25, -0.2) is 0 Å². The quantitative estimate of drug-likeness (QED) is 0.571. The zero-order valence-electron chi connectivity index (χ0n) is 13.0. The Balaban J connectivity index is 2.26. The van der Waals surface area contributed by atoms with Crippen molar-refractivity contribution in [3.8, 4) is 5.75 Å². The lowest BCUT2D eigenvalue weighted by Gasteiger charge is -2.12. The van der Waals surface area contributed by atoms with Crippen molar-refractivity contribution in [1.29, 1.82) is 0 Å². The van der Waals surface area contributed by atoms with Gasteiger partial charge in [0.05, 0.1) is 17.6 Å². The number of ether oxygens (including phenoxy) is 1. The number of hydrogen-bond acceptors (Lipinski definition) is 2. The molecule has 3 heteroatoms. The largest absolute Gasteiger partial charge is 0.493 e. The van der Waals surface area contributed by atoms with Gasteiger partial charge >= 0.3 is 0 Å². The summed E-state index contributed by atoms with van der Waals surface area (Å²) in [5.41, 5.74) is 5.77. The van der Waals surface area contributed by atoms with Crippen molar-refractivity contribution >= 4 is 32.7 Å². The zero-order chi connectivity index (χ0) is 15.3. The lowest BCUT2D eigenvalue weighted by Crippen LogP contribution is -1.96. The van der Waals surface area contributed by atoms with Crippen molar-refractivity contribution in [2.75, 3.05) is 6.61 Å². The van der Waals surface area contributed by atoms with Gasteiger partial charge in [-0.15, -0.1) is 0 Å². The average Bonchev–Trinajstić information content (AvgIpc) is 2.93. The third-order valence-electron chi connectivity index (χ3n) is 4.40. The molecular weight excluding hydrogens is 272 g/mol. The van der Waals surface area contributed by atoms with Gasteiger partial charge in [-0.2, -0.15) is 0 Å². The maximum absolute atomic E-state index is 5.82. The molecule has 0 bridgehead atoms. The first kappa shape index (κ1) is 13.1. The highest BCUT2D eigenvalue weighted by Gasteiger charge is 2.17. The number of H-pyrrole nitrogens is 1. The Bertz CT molecular complexity index is 1010. The predicted molar refractivity (Wildman–Crippen MR) is 91.7 cm³/mol. The van der Waals surface area contributed by atoms with Gasteiger partial charge in [0.15, 0.2) is 0 Å².